The predicted molar refractivity (Wildman–Crippen MR) is 112 cm³/mol. The van der Waals surface area contributed by atoms with Crippen LogP contribution in [0.25, 0.3) is 0 Å². The number of hydrogen-bond donors (Lipinski definition) is 2. The highest BCUT2D eigenvalue weighted by atomic mass is 127. The van der Waals surface area contributed by atoms with Gasteiger partial charge in [0.15, 0.2) is 5.96 Å². The van der Waals surface area contributed by atoms with Crippen LogP contribution in [-0.2, 0) is 11.3 Å². The first-order valence-electron chi connectivity index (χ1n) is 8.80. The molecule has 1 amide bonds. The Morgan fingerprint density at radius 1 is 1.39 bits per heavy atom. The summed E-state index contributed by atoms with van der Waals surface area (Å²) in [5.74, 6) is -0.434. The van der Waals surface area contributed by atoms with Crippen molar-refractivity contribution < 1.29 is 22.7 Å². The van der Waals surface area contributed by atoms with Gasteiger partial charge in [-0.15, -0.1) is 24.0 Å². The lowest BCUT2D eigenvalue weighted by atomic mass is 10.2. The van der Waals surface area contributed by atoms with E-state index in [0.29, 0.717) is 19.0 Å². The lowest BCUT2D eigenvalue weighted by Crippen LogP contribution is -2.45. The van der Waals surface area contributed by atoms with E-state index >= 15 is 0 Å². The van der Waals surface area contributed by atoms with Crippen molar-refractivity contribution in [2.45, 2.75) is 39.5 Å². The molecule has 0 bridgehead atoms. The standard InChI is InChI=1S/C18H25F3N4O2.HI/c1-11(2)16(26)25-8-7-12(10-25)24-18(22-3)23-9-13-14(19)5-4-6-15(13)27-17(20)21;/h4-6,11-12,17H,7-10H2,1-3H3,(H2,22,23,24);1H. The van der Waals surface area contributed by atoms with Crippen molar-refractivity contribution in [3.8, 4) is 5.75 Å². The van der Waals surface area contributed by atoms with Gasteiger partial charge < -0.3 is 20.3 Å². The van der Waals surface area contributed by atoms with E-state index in [1.807, 2.05) is 13.8 Å². The molecule has 0 radical (unpaired) electrons. The highest BCUT2D eigenvalue weighted by Gasteiger charge is 2.28. The summed E-state index contributed by atoms with van der Waals surface area (Å²) in [5, 5.41) is 6.08. The Kier molecular flexibility index (Phi) is 9.83. The summed E-state index contributed by atoms with van der Waals surface area (Å²) in [6.07, 6.45) is 0.763. The topological polar surface area (TPSA) is 66.0 Å². The normalized spacial score (nSPS) is 16.9. The van der Waals surface area contributed by atoms with E-state index in [0.717, 1.165) is 6.42 Å². The molecule has 0 saturated carbocycles. The number of alkyl halides is 2. The quantitative estimate of drug-likeness (QED) is 0.348. The van der Waals surface area contributed by atoms with Crippen LogP contribution in [0, 0.1) is 11.7 Å². The van der Waals surface area contributed by atoms with Gasteiger partial charge in [0.2, 0.25) is 5.91 Å². The number of aliphatic imine (C=N–C) groups is 1. The lowest BCUT2D eigenvalue weighted by Gasteiger charge is -2.20. The summed E-state index contributed by atoms with van der Waals surface area (Å²) in [6, 6.07) is 3.78. The Morgan fingerprint density at radius 2 is 2.11 bits per heavy atom. The van der Waals surface area contributed by atoms with Crippen molar-refractivity contribution >= 4 is 35.8 Å². The minimum Gasteiger partial charge on any atom is -0.434 e. The number of halogens is 4. The zero-order chi connectivity index (χ0) is 20.0. The molecule has 158 valence electrons. The number of hydrogen-bond acceptors (Lipinski definition) is 3. The van der Waals surface area contributed by atoms with Crippen molar-refractivity contribution in [2.24, 2.45) is 10.9 Å². The van der Waals surface area contributed by atoms with Crippen molar-refractivity contribution in [3.05, 3.63) is 29.6 Å². The van der Waals surface area contributed by atoms with Gasteiger partial charge in [-0.2, -0.15) is 8.78 Å². The predicted octanol–water partition coefficient (Wildman–Crippen LogP) is 2.97. The van der Waals surface area contributed by atoms with Crippen LogP contribution in [0.2, 0.25) is 0 Å². The summed E-state index contributed by atoms with van der Waals surface area (Å²) < 4.78 is 43.4. The first-order valence-corrected chi connectivity index (χ1v) is 8.80. The fourth-order valence-corrected chi connectivity index (χ4v) is 2.92. The molecule has 1 saturated heterocycles. The van der Waals surface area contributed by atoms with Gasteiger partial charge in [0, 0.05) is 44.2 Å². The highest BCUT2D eigenvalue weighted by molar-refractivity contribution is 14.0. The third kappa shape index (κ3) is 6.71. The Labute approximate surface area is 179 Å². The Balaban J connectivity index is 0.00000392. The number of guanidine groups is 1. The summed E-state index contributed by atoms with van der Waals surface area (Å²) in [6.45, 7) is 1.82. The van der Waals surface area contributed by atoms with Crippen LogP contribution in [0.5, 0.6) is 5.75 Å². The largest absolute Gasteiger partial charge is 0.434 e. The molecule has 2 N–H and O–H groups in total. The molecule has 0 aliphatic carbocycles. The van der Waals surface area contributed by atoms with Gasteiger partial charge in [0.25, 0.3) is 0 Å². The zero-order valence-corrected chi connectivity index (χ0v) is 18.4. The van der Waals surface area contributed by atoms with Gasteiger partial charge in [-0.3, -0.25) is 9.79 Å². The summed E-state index contributed by atoms with van der Waals surface area (Å²) in [7, 11) is 1.55. The van der Waals surface area contributed by atoms with E-state index in [4.69, 9.17) is 0 Å². The molecular weight excluding hydrogens is 488 g/mol. The van der Waals surface area contributed by atoms with E-state index in [1.54, 1.807) is 11.9 Å². The van der Waals surface area contributed by atoms with Gasteiger partial charge >= 0.3 is 6.61 Å². The van der Waals surface area contributed by atoms with Gasteiger partial charge in [-0.05, 0) is 18.6 Å². The minimum atomic E-state index is -3.04. The average molecular weight is 514 g/mol. The molecule has 2 rings (SSSR count). The number of nitrogens with zero attached hydrogens (tertiary/aromatic N) is 2. The number of carbonyl (C=O) groups is 1. The Bertz CT molecular complexity index is 689. The van der Waals surface area contributed by atoms with Crippen LogP contribution in [-0.4, -0.2) is 49.6 Å². The lowest BCUT2D eigenvalue weighted by molar-refractivity contribution is -0.133. The molecule has 28 heavy (non-hydrogen) atoms. The SMILES string of the molecule is CN=C(NCc1c(F)cccc1OC(F)F)NC1CCN(C(=O)C(C)C)C1.I. The van der Waals surface area contributed by atoms with Crippen molar-refractivity contribution in [1.82, 2.24) is 15.5 Å². The molecule has 0 spiro atoms. The molecule has 0 aromatic heterocycles. The number of rotatable bonds is 6. The monoisotopic (exact) mass is 514 g/mol. The van der Waals surface area contributed by atoms with Crippen LogP contribution in [0.4, 0.5) is 13.2 Å². The van der Waals surface area contributed by atoms with Gasteiger partial charge in [-0.1, -0.05) is 19.9 Å². The molecule has 1 aromatic rings. The van der Waals surface area contributed by atoms with Crippen molar-refractivity contribution in [1.29, 1.82) is 0 Å². The van der Waals surface area contributed by atoms with Crippen LogP contribution in [0.15, 0.2) is 23.2 Å². The molecule has 10 heteroatoms. The molecule has 1 atom stereocenters. The highest BCUT2D eigenvalue weighted by Crippen LogP contribution is 2.23. The van der Waals surface area contributed by atoms with Crippen LogP contribution in [0.3, 0.4) is 0 Å². The Morgan fingerprint density at radius 3 is 2.71 bits per heavy atom. The number of amides is 1. The molecule has 6 nitrogen and oxygen atoms in total. The summed E-state index contributed by atoms with van der Waals surface area (Å²) in [4.78, 5) is 17.9. The molecule has 1 heterocycles. The average Bonchev–Trinajstić information content (AvgIpc) is 3.07. The van der Waals surface area contributed by atoms with E-state index < -0.39 is 12.4 Å². The minimum absolute atomic E-state index is 0. The van der Waals surface area contributed by atoms with Crippen molar-refractivity contribution in [2.75, 3.05) is 20.1 Å². The first-order chi connectivity index (χ1) is 12.8. The fourth-order valence-electron chi connectivity index (χ4n) is 2.92. The molecule has 1 aliphatic rings. The molecule has 1 fully saturated rings. The maximum absolute atomic E-state index is 14.0. The Hall–Kier alpha value is -1.72. The van der Waals surface area contributed by atoms with Crippen molar-refractivity contribution in [3.63, 3.8) is 0 Å². The third-order valence-electron chi connectivity index (χ3n) is 4.28. The van der Waals surface area contributed by atoms with E-state index in [1.165, 1.54) is 18.2 Å². The van der Waals surface area contributed by atoms with Crippen LogP contribution >= 0.6 is 24.0 Å². The number of benzene rings is 1. The summed E-state index contributed by atoms with van der Waals surface area (Å²) >= 11 is 0. The fraction of sp³-hybridized carbons (Fsp3) is 0.556. The molecule has 1 aromatic carbocycles. The van der Waals surface area contributed by atoms with Gasteiger partial charge in [0.1, 0.15) is 11.6 Å². The number of carbonyl (C=O) groups excluding carboxylic acids is 1. The van der Waals surface area contributed by atoms with E-state index in [-0.39, 0.29) is 59.7 Å². The number of likely N-dealkylation sites (tertiary alicyclic amines) is 1. The van der Waals surface area contributed by atoms with E-state index in [2.05, 4.69) is 20.4 Å². The van der Waals surface area contributed by atoms with Gasteiger partial charge in [-0.25, -0.2) is 4.39 Å². The second kappa shape index (κ2) is 11.3. The molecular formula is C18H26F3IN4O2. The van der Waals surface area contributed by atoms with E-state index in [9.17, 15) is 18.0 Å². The summed E-state index contributed by atoms with van der Waals surface area (Å²) in [5.41, 5.74) is -0.0104. The second-order valence-corrected chi connectivity index (χ2v) is 6.59. The number of ether oxygens (including phenoxy) is 1. The zero-order valence-electron chi connectivity index (χ0n) is 16.0. The number of nitrogens with one attached hydrogen (secondary N) is 2. The maximum atomic E-state index is 14.0. The first kappa shape index (κ1) is 24.3. The third-order valence-corrected chi connectivity index (χ3v) is 4.28. The maximum Gasteiger partial charge on any atom is 0.387 e. The molecule has 1 unspecified atom stereocenters. The smallest absolute Gasteiger partial charge is 0.387 e. The van der Waals surface area contributed by atoms with Crippen LogP contribution in [0.1, 0.15) is 25.8 Å². The van der Waals surface area contributed by atoms with Gasteiger partial charge in [0.05, 0.1) is 0 Å². The molecule has 1 aliphatic heterocycles. The second-order valence-electron chi connectivity index (χ2n) is 6.59. The van der Waals surface area contributed by atoms with Crippen LogP contribution < -0.4 is 15.4 Å².